The quantitative estimate of drug-likeness (QED) is 0.830. The molecule has 1 unspecified atom stereocenters. The highest BCUT2D eigenvalue weighted by Crippen LogP contribution is 2.13. The molecule has 1 atom stereocenters. The van der Waals surface area contributed by atoms with E-state index in [1.807, 2.05) is 12.3 Å². The predicted octanol–water partition coefficient (Wildman–Crippen LogP) is 2.44. The first-order valence-corrected chi connectivity index (χ1v) is 7.76. The lowest BCUT2D eigenvalue weighted by Gasteiger charge is -2.30. The van der Waals surface area contributed by atoms with Gasteiger partial charge in [0.15, 0.2) is 0 Å². The fourth-order valence-corrected chi connectivity index (χ4v) is 2.83. The van der Waals surface area contributed by atoms with E-state index in [1.54, 1.807) is 7.11 Å². The van der Waals surface area contributed by atoms with Gasteiger partial charge in [0.25, 0.3) is 0 Å². The molecule has 0 saturated carbocycles. The molecule has 1 aliphatic heterocycles. The summed E-state index contributed by atoms with van der Waals surface area (Å²) < 4.78 is 5.11. The molecule has 1 N–H and O–H groups in total. The molecule has 0 spiro atoms. The molecule has 112 valence electrons. The van der Waals surface area contributed by atoms with E-state index in [4.69, 9.17) is 4.74 Å². The predicted molar refractivity (Wildman–Crippen MR) is 82.0 cm³/mol. The van der Waals surface area contributed by atoms with Gasteiger partial charge in [0, 0.05) is 31.4 Å². The van der Waals surface area contributed by atoms with Gasteiger partial charge in [0.2, 0.25) is 5.88 Å². The summed E-state index contributed by atoms with van der Waals surface area (Å²) in [6, 6.07) is 4.71. The van der Waals surface area contributed by atoms with Crippen LogP contribution < -0.4 is 10.1 Å². The smallest absolute Gasteiger partial charge is 0.212 e. The second-order valence-electron chi connectivity index (χ2n) is 5.59. The van der Waals surface area contributed by atoms with Crippen LogP contribution in [0.1, 0.15) is 38.2 Å². The maximum Gasteiger partial charge on any atom is 0.212 e. The van der Waals surface area contributed by atoms with Gasteiger partial charge in [0.05, 0.1) is 7.11 Å². The molecule has 1 aromatic heterocycles. The average Bonchev–Trinajstić information content (AvgIpc) is 2.49. The standard InChI is InChI=1S/C16H27N3O/c1-3-10-19(13-15-6-4-5-9-17-15)12-14-7-8-16(20-2)18-11-14/h7-8,11,15,17H,3-6,9-10,12-13H2,1-2H3. The average molecular weight is 277 g/mol. The minimum absolute atomic E-state index is 0.654. The van der Waals surface area contributed by atoms with Crippen LogP contribution in [0.5, 0.6) is 5.88 Å². The molecule has 1 saturated heterocycles. The van der Waals surface area contributed by atoms with Crippen LogP contribution in [0, 0.1) is 0 Å². The third-order valence-corrected chi connectivity index (χ3v) is 3.84. The Hall–Kier alpha value is -1.13. The van der Waals surface area contributed by atoms with Crippen molar-refractivity contribution < 1.29 is 4.74 Å². The Bertz CT molecular complexity index is 374. The third kappa shape index (κ3) is 4.76. The van der Waals surface area contributed by atoms with E-state index in [1.165, 1.54) is 37.8 Å². The van der Waals surface area contributed by atoms with Crippen molar-refractivity contribution in [3.05, 3.63) is 23.9 Å². The number of nitrogens with one attached hydrogen (secondary N) is 1. The van der Waals surface area contributed by atoms with Gasteiger partial charge in [-0.3, -0.25) is 4.90 Å². The second-order valence-corrected chi connectivity index (χ2v) is 5.59. The molecule has 0 radical (unpaired) electrons. The lowest BCUT2D eigenvalue weighted by Crippen LogP contribution is -2.43. The van der Waals surface area contributed by atoms with Crippen molar-refractivity contribution >= 4 is 0 Å². The minimum Gasteiger partial charge on any atom is -0.481 e. The van der Waals surface area contributed by atoms with Crippen LogP contribution in [0.4, 0.5) is 0 Å². The molecule has 0 amide bonds. The fourth-order valence-electron chi connectivity index (χ4n) is 2.83. The Balaban J connectivity index is 1.89. The van der Waals surface area contributed by atoms with Gasteiger partial charge in [-0.15, -0.1) is 0 Å². The van der Waals surface area contributed by atoms with Crippen LogP contribution in [-0.2, 0) is 6.54 Å². The van der Waals surface area contributed by atoms with Crippen molar-refractivity contribution in [3.8, 4) is 5.88 Å². The summed E-state index contributed by atoms with van der Waals surface area (Å²) in [5, 5.41) is 3.63. The second kappa shape index (κ2) is 8.22. The van der Waals surface area contributed by atoms with Crippen LogP contribution in [0.15, 0.2) is 18.3 Å². The first-order valence-electron chi connectivity index (χ1n) is 7.76. The van der Waals surface area contributed by atoms with Crippen molar-refractivity contribution in [2.45, 2.75) is 45.2 Å². The van der Waals surface area contributed by atoms with Crippen molar-refractivity contribution in [2.75, 3.05) is 26.7 Å². The van der Waals surface area contributed by atoms with Crippen LogP contribution in [0.3, 0.4) is 0 Å². The van der Waals surface area contributed by atoms with E-state index in [9.17, 15) is 0 Å². The normalized spacial score (nSPS) is 19.2. The number of aromatic nitrogens is 1. The monoisotopic (exact) mass is 277 g/mol. The summed E-state index contributed by atoms with van der Waals surface area (Å²) in [5.41, 5.74) is 1.26. The Morgan fingerprint density at radius 3 is 2.90 bits per heavy atom. The highest BCUT2D eigenvalue weighted by atomic mass is 16.5. The zero-order valence-electron chi connectivity index (χ0n) is 12.8. The maximum absolute atomic E-state index is 5.11. The molecule has 1 aliphatic rings. The minimum atomic E-state index is 0.654. The number of methoxy groups -OCH3 is 1. The van der Waals surface area contributed by atoms with Gasteiger partial charge in [-0.1, -0.05) is 19.4 Å². The SMILES string of the molecule is CCCN(Cc1ccc(OC)nc1)CC1CCCCN1. The van der Waals surface area contributed by atoms with E-state index >= 15 is 0 Å². The third-order valence-electron chi connectivity index (χ3n) is 3.84. The van der Waals surface area contributed by atoms with Gasteiger partial charge in [-0.25, -0.2) is 4.98 Å². The summed E-state index contributed by atoms with van der Waals surface area (Å²) in [6.07, 6.45) is 7.11. The number of pyridine rings is 1. The van der Waals surface area contributed by atoms with Crippen LogP contribution in [0.2, 0.25) is 0 Å². The molecule has 0 aliphatic carbocycles. The molecule has 0 bridgehead atoms. The van der Waals surface area contributed by atoms with Crippen LogP contribution in [0.25, 0.3) is 0 Å². The lowest BCUT2D eigenvalue weighted by molar-refractivity contribution is 0.217. The summed E-state index contributed by atoms with van der Waals surface area (Å²) in [5.74, 6) is 0.685. The summed E-state index contributed by atoms with van der Waals surface area (Å²) >= 11 is 0. The van der Waals surface area contributed by atoms with Crippen molar-refractivity contribution in [2.24, 2.45) is 0 Å². The summed E-state index contributed by atoms with van der Waals surface area (Å²) in [4.78, 5) is 6.83. The topological polar surface area (TPSA) is 37.4 Å². The zero-order chi connectivity index (χ0) is 14.2. The van der Waals surface area contributed by atoms with Gasteiger partial charge in [-0.2, -0.15) is 0 Å². The first kappa shape index (κ1) is 15.3. The number of hydrogen-bond donors (Lipinski definition) is 1. The Labute approximate surface area is 122 Å². The number of nitrogens with zero attached hydrogens (tertiary/aromatic N) is 2. The van der Waals surface area contributed by atoms with E-state index in [0.717, 1.165) is 19.6 Å². The molecule has 20 heavy (non-hydrogen) atoms. The molecular weight excluding hydrogens is 250 g/mol. The molecule has 0 aromatic carbocycles. The molecule has 1 fully saturated rings. The Morgan fingerprint density at radius 2 is 2.30 bits per heavy atom. The molecule has 4 nitrogen and oxygen atoms in total. The zero-order valence-corrected chi connectivity index (χ0v) is 12.8. The molecule has 1 aromatic rings. The number of piperidine rings is 1. The number of rotatable bonds is 7. The van der Waals surface area contributed by atoms with Crippen LogP contribution >= 0.6 is 0 Å². The van der Waals surface area contributed by atoms with Crippen molar-refractivity contribution in [1.29, 1.82) is 0 Å². The van der Waals surface area contributed by atoms with Gasteiger partial charge in [0.1, 0.15) is 0 Å². The highest BCUT2D eigenvalue weighted by molar-refractivity contribution is 5.17. The van der Waals surface area contributed by atoms with Crippen molar-refractivity contribution in [3.63, 3.8) is 0 Å². The molecule has 2 rings (SSSR count). The van der Waals surface area contributed by atoms with Gasteiger partial charge >= 0.3 is 0 Å². The van der Waals surface area contributed by atoms with E-state index in [-0.39, 0.29) is 0 Å². The number of ether oxygens (including phenoxy) is 1. The molecular formula is C16H27N3O. The number of hydrogen-bond acceptors (Lipinski definition) is 4. The van der Waals surface area contributed by atoms with Gasteiger partial charge in [-0.05, 0) is 37.9 Å². The van der Waals surface area contributed by atoms with Crippen molar-refractivity contribution in [1.82, 2.24) is 15.2 Å². The van der Waals surface area contributed by atoms with Gasteiger partial charge < -0.3 is 10.1 Å². The first-order chi connectivity index (χ1) is 9.81. The van der Waals surface area contributed by atoms with E-state index in [0.29, 0.717) is 11.9 Å². The summed E-state index contributed by atoms with van der Waals surface area (Å²) in [7, 11) is 1.65. The summed E-state index contributed by atoms with van der Waals surface area (Å²) in [6.45, 7) is 6.68. The molecule has 2 heterocycles. The van der Waals surface area contributed by atoms with Crippen LogP contribution in [-0.4, -0.2) is 42.7 Å². The Kier molecular flexibility index (Phi) is 6.27. The Morgan fingerprint density at radius 1 is 1.40 bits per heavy atom. The lowest BCUT2D eigenvalue weighted by atomic mass is 10.0. The largest absolute Gasteiger partial charge is 0.481 e. The van der Waals surface area contributed by atoms with E-state index < -0.39 is 0 Å². The maximum atomic E-state index is 5.11. The highest BCUT2D eigenvalue weighted by Gasteiger charge is 2.16. The molecule has 4 heteroatoms. The van der Waals surface area contributed by atoms with E-state index in [2.05, 4.69) is 28.2 Å². The fraction of sp³-hybridized carbons (Fsp3) is 0.688.